The Kier molecular flexibility index (Phi) is 3.53. The van der Waals surface area contributed by atoms with Crippen LogP contribution in [-0.2, 0) is 21.7 Å². The number of carbonyl (C=O) groups is 1. The van der Waals surface area contributed by atoms with Gasteiger partial charge in [0.15, 0.2) is 5.43 Å². The number of hydrogen-bond donors (Lipinski definition) is 0. The highest BCUT2D eigenvalue weighted by Crippen LogP contribution is 2.35. The van der Waals surface area contributed by atoms with Crippen LogP contribution in [-0.4, -0.2) is 29.6 Å². The van der Waals surface area contributed by atoms with Crippen molar-refractivity contribution in [2.75, 3.05) is 19.0 Å². The molecule has 0 saturated carbocycles. The molecule has 0 radical (unpaired) electrons. The number of aromatic nitrogens is 2. The van der Waals surface area contributed by atoms with Gasteiger partial charge in [-0.05, 0) is 38.1 Å². The van der Waals surface area contributed by atoms with Gasteiger partial charge in [-0.3, -0.25) is 9.59 Å². The third-order valence-corrected chi connectivity index (χ3v) is 5.02. The smallest absolute Gasteiger partial charge is 0.326 e. The normalized spacial score (nSPS) is 15.8. The van der Waals surface area contributed by atoms with E-state index >= 15 is 0 Å². The quantitative estimate of drug-likeness (QED) is 0.486. The summed E-state index contributed by atoms with van der Waals surface area (Å²) >= 11 is 6.41. The third-order valence-electron chi connectivity index (χ3n) is 4.71. The molecule has 1 aliphatic heterocycles. The molecule has 7 heteroatoms. The molecule has 3 heterocycles. The van der Waals surface area contributed by atoms with Crippen molar-refractivity contribution in [3.63, 3.8) is 0 Å². The summed E-state index contributed by atoms with van der Waals surface area (Å²) in [5.74, 6) is -0.389. The lowest BCUT2D eigenvalue weighted by Gasteiger charge is -2.29. The fourth-order valence-electron chi connectivity index (χ4n) is 3.51. The van der Waals surface area contributed by atoms with E-state index in [1.54, 1.807) is 42.7 Å². The van der Waals surface area contributed by atoms with Crippen molar-refractivity contribution in [2.24, 2.45) is 0 Å². The van der Waals surface area contributed by atoms with Crippen molar-refractivity contribution in [3.05, 3.63) is 45.2 Å². The largest absolute Gasteiger partial charge is 0.452 e. The lowest BCUT2D eigenvalue weighted by atomic mass is 10.0. The van der Waals surface area contributed by atoms with E-state index in [4.69, 9.17) is 16.3 Å². The molecule has 0 fully saturated rings. The Hall–Kier alpha value is -2.60. The van der Waals surface area contributed by atoms with Gasteiger partial charge < -0.3 is 14.2 Å². The molecule has 0 N–H and O–H groups in total. The highest BCUT2D eigenvalue weighted by molar-refractivity contribution is 6.35. The molecule has 0 saturated heterocycles. The molecule has 3 aromatic rings. The predicted octanol–water partition coefficient (Wildman–Crippen LogP) is 3.06. The number of benzene rings is 1. The second-order valence-electron chi connectivity index (χ2n) is 7.15. The average Bonchev–Trinajstić information content (AvgIpc) is 2.56. The Balaban J connectivity index is 2.29. The molecule has 1 aromatic carbocycles. The van der Waals surface area contributed by atoms with Gasteiger partial charge in [0.1, 0.15) is 17.8 Å². The lowest BCUT2D eigenvalue weighted by molar-refractivity contribution is -0.158. The van der Waals surface area contributed by atoms with Crippen LogP contribution in [0.4, 0.5) is 5.69 Å². The monoisotopic (exact) mass is 371 g/mol. The summed E-state index contributed by atoms with van der Waals surface area (Å²) in [6, 6.07) is 6.88. The number of anilines is 1. The van der Waals surface area contributed by atoms with Crippen LogP contribution in [0.3, 0.4) is 0 Å². The zero-order valence-corrected chi connectivity index (χ0v) is 15.7. The Morgan fingerprint density at radius 1 is 1.15 bits per heavy atom. The highest BCUT2D eigenvalue weighted by atomic mass is 35.5. The van der Waals surface area contributed by atoms with Crippen LogP contribution in [0.2, 0.25) is 5.02 Å². The van der Waals surface area contributed by atoms with E-state index in [2.05, 4.69) is 4.98 Å². The first-order chi connectivity index (χ1) is 12.2. The van der Waals surface area contributed by atoms with Gasteiger partial charge in [-0.15, -0.1) is 0 Å². The Bertz CT molecular complexity index is 1150. The Morgan fingerprint density at radius 3 is 2.54 bits per heavy atom. The number of hydrogen-bond acceptors (Lipinski definition) is 5. The number of halogens is 1. The second-order valence-corrected chi connectivity index (χ2v) is 7.56. The Labute approximate surface area is 154 Å². The van der Waals surface area contributed by atoms with E-state index < -0.39 is 5.60 Å². The van der Waals surface area contributed by atoms with E-state index in [1.807, 2.05) is 19.0 Å². The van der Waals surface area contributed by atoms with Crippen molar-refractivity contribution in [3.8, 4) is 0 Å². The molecule has 26 heavy (non-hydrogen) atoms. The number of nitrogens with zero attached hydrogens (tertiary/aromatic N) is 3. The van der Waals surface area contributed by atoms with Crippen LogP contribution in [0.5, 0.6) is 0 Å². The second kappa shape index (κ2) is 5.45. The zero-order chi connectivity index (χ0) is 18.8. The fourth-order valence-corrected chi connectivity index (χ4v) is 3.83. The minimum atomic E-state index is -0.861. The maximum absolute atomic E-state index is 13.1. The number of esters is 1. The SMILES string of the molecule is CN(C)c1c(Cl)ccc2c(=O)c3ccc4nc3n(c12)CC(=O)OC4(C)C. The molecule has 0 unspecified atom stereocenters. The fraction of sp³-hybridized carbons (Fsp3) is 0.316. The number of carbonyl (C=O) groups excluding carboxylic acids is 1. The average molecular weight is 372 g/mol. The van der Waals surface area contributed by atoms with E-state index in [0.717, 1.165) is 0 Å². The molecule has 0 spiro atoms. The van der Waals surface area contributed by atoms with Gasteiger partial charge in [-0.25, -0.2) is 4.98 Å². The van der Waals surface area contributed by atoms with E-state index in [1.165, 1.54) is 0 Å². The maximum atomic E-state index is 13.1. The number of cyclic esters (lactones) is 1. The molecule has 1 aliphatic rings. The van der Waals surface area contributed by atoms with Gasteiger partial charge in [0.25, 0.3) is 0 Å². The molecule has 0 atom stereocenters. The molecular weight excluding hydrogens is 354 g/mol. The first-order valence-electron chi connectivity index (χ1n) is 8.26. The van der Waals surface area contributed by atoms with Crippen LogP contribution in [0.1, 0.15) is 19.5 Å². The summed E-state index contributed by atoms with van der Waals surface area (Å²) in [6.07, 6.45) is 0. The summed E-state index contributed by atoms with van der Waals surface area (Å²) in [5.41, 5.74) is 1.33. The zero-order valence-electron chi connectivity index (χ0n) is 15.0. The summed E-state index contributed by atoms with van der Waals surface area (Å²) in [4.78, 5) is 32.1. The van der Waals surface area contributed by atoms with E-state index in [-0.39, 0.29) is 17.9 Å². The molecular formula is C19H18ClN3O3. The van der Waals surface area contributed by atoms with Crippen LogP contribution < -0.4 is 10.3 Å². The molecule has 2 bridgehead atoms. The van der Waals surface area contributed by atoms with Crippen molar-refractivity contribution in [1.82, 2.24) is 9.55 Å². The summed E-state index contributed by atoms with van der Waals surface area (Å²) in [6.45, 7) is 3.53. The predicted molar refractivity (Wildman–Crippen MR) is 102 cm³/mol. The molecule has 4 rings (SSSR count). The van der Waals surface area contributed by atoms with Gasteiger partial charge in [0, 0.05) is 19.5 Å². The molecule has 134 valence electrons. The van der Waals surface area contributed by atoms with E-state index in [9.17, 15) is 9.59 Å². The first kappa shape index (κ1) is 16.8. The van der Waals surface area contributed by atoms with Gasteiger partial charge in [-0.2, -0.15) is 0 Å². The lowest BCUT2D eigenvalue weighted by Crippen LogP contribution is -2.32. The summed E-state index contributed by atoms with van der Waals surface area (Å²) in [7, 11) is 3.69. The topological polar surface area (TPSA) is 64.4 Å². The van der Waals surface area contributed by atoms with Crippen LogP contribution in [0.15, 0.2) is 29.1 Å². The molecule has 2 aromatic heterocycles. The van der Waals surface area contributed by atoms with Gasteiger partial charge in [0.05, 0.1) is 27.3 Å². The minimum Gasteiger partial charge on any atom is -0.452 e. The van der Waals surface area contributed by atoms with Gasteiger partial charge >= 0.3 is 5.97 Å². The van der Waals surface area contributed by atoms with Crippen LogP contribution in [0, 0.1) is 0 Å². The maximum Gasteiger partial charge on any atom is 0.326 e. The van der Waals surface area contributed by atoms with E-state index in [0.29, 0.717) is 38.3 Å². The molecule has 0 aliphatic carbocycles. The van der Waals surface area contributed by atoms with Gasteiger partial charge in [-0.1, -0.05) is 11.6 Å². The van der Waals surface area contributed by atoms with Gasteiger partial charge in [0.2, 0.25) is 0 Å². The Morgan fingerprint density at radius 2 is 1.85 bits per heavy atom. The summed E-state index contributed by atoms with van der Waals surface area (Å²) < 4.78 is 7.34. The molecule has 6 nitrogen and oxygen atoms in total. The molecule has 0 amide bonds. The number of pyridine rings is 2. The van der Waals surface area contributed by atoms with Crippen LogP contribution in [0.25, 0.3) is 21.9 Å². The van der Waals surface area contributed by atoms with Crippen molar-refractivity contribution in [1.29, 1.82) is 0 Å². The highest BCUT2D eigenvalue weighted by Gasteiger charge is 2.31. The summed E-state index contributed by atoms with van der Waals surface area (Å²) in [5, 5.41) is 1.46. The number of rotatable bonds is 1. The third kappa shape index (κ3) is 2.29. The number of fused-ring (bicyclic) bond motifs is 3. The first-order valence-corrected chi connectivity index (χ1v) is 8.64. The standard InChI is InChI=1S/C19H18ClN3O3/c1-19(2)13-8-6-11-17(25)10-5-7-12(20)16(22(3)4)15(10)23(18(11)21-13)9-14(24)26-19/h5-8H,9H2,1-4H3. The van der Waals surface area contributed by atoms with Crippen molar-refractivity contribution in [2.45, 2.75) is 26.0 Å². The number of ether oxygens (including phenoxy) is 1. The van der Waals surface area contributed by atoms with Crippen LogP contribution >= 0.6 is 11.6 Å². The van der Waals surface area contributed by atoms with Crippen molar-refractivity contribution >= 4 is 45.2 Å². The van der Waals surface area contributed by atoms with Crippen molar-refractivity contribution < 1.29 is 9.53 Å². The minimum absolute atomic E-state index is 0.0473.